The maximum atomic E-state index is 12.2. The van der Waals surface area contributed by atoms with Crippen LogP contribution in [-0.2, 0) is 9.53 Å². The van der Waals surface area contributed by atoms with Gasteiger partial charge in [-0.25, -0.2) is 0 Å². The van der Waals surface area contributed by atoms with Crippen molar-refractivity contribution in [3.8, 4) is 0 Å². The lowest BCUT2D eigenvalue weighted by molar-refractivity contribution is -0.215. The third-order valence-corrected chi connectivity index (χ3v) is 3.63. The Hall–Kier alpha value is -0.820. The monoisotopic (exact) mass is 268 g/mol. The number of hydrogen-bond donors (Lipinski definition) is 2. The van der Waals surface area contributed by atoms with Crippen molar-refractivity contribution >= 4 is 5.91 Å². The van der Waals surface area contributed by atoms with Crippen LogP contribution in [0.15, 0.2) is 0 Å². The Morgan fingerprint density at radius 1 is 1.56 bits per heavy atom. The second-order valence-electron chi connectivity index (χ2n) is 4.84. The molecule has 106 valence electrons. The number of hydrogen-bond acceptors (Lipinski definition) is 3. The van der Waals surface area contributed by atoms with Gasteiger partial charge in [0.1, 0.15) is 0 Å². The van der Waals surface area contributed by atoms with Crippen LogP contribution in [0.25, 0.3) is 0 Å². The molecule has 3 unspecified atom stereocenters. The average Bonchev–Trinajstić information content (AvgIpc) is 2.60. The van der Waals surface area contributed by atoms with E-state index in [1.807, 2.05) is 0 Å². The second-order valence-corrected chi connectivity index (χ2v) is 4.84. The Morgan fingerprint density at radius 2 is 2.17 bits per heavy atom. The molecule has 4 nitrogen and oxygen atoms in total. The summed E-state index contributed by atoms with van der Waals surface area (Å²) in [5, 5.41) is 0. The summed E-state index contributed by atoms with van der Waals surface area (Å²) in [4.78, 5) is 11.3. The summed E-state index contributed by atoms with van der Waals surface area (Å²) in [6.45, 7) is 0.885. The van der Waals surface area contributed by atoms with Gasteiger partial charge in [-0.05, 0) is 32.1 Å². The molecule has 0 radical (unpaired) electrons. The summed E-state index contributed by atoms with van der Waals surface area (Å²) in [6, 6.07) is 0. The standard InChI is InChI=1S/C11H19F3N2O2/c1-7(11(12,13)14)18-6-4-8-3-2-5-10(8,16)9(15)17/h7-8H,2-6,16H2,1H3,(H2,15,17). The van der Waals surface area contributed by atoms with Gasteiger partial charge in [0.15, 0.2) is 6.10 Å². The molecule has 1 saturated carbocycles. The largest absolute Gasteiger partial charge is 0.414 e. The lowest BCUT2D eigenvalue weighted by atomic mass is 9.85. The smallest absolute Gasteiger partial charge is 0.369 e. The first kappa shape index (κ1) is 15.2. The minimum absolute atomic E-state index is 0.0719. The zero-order valence-corrected chi connectivity index (χ0v) is 10.3. The van der Waals surface area contributed by atoms with Crippen LogP contribution < -0.4 is 11.5 Å². The van der Waals surface area contributed by atoms with Crippen molar-refractivity contribution < 1.29 is 22.7 Å². The van der Waals surface area contributed by atoms with Gasteiger partial charge in [-0.2, -0.15) is 13.2 Å². The topological polar surface area (TPSA) is 78.3 Å². The quantitative estimate of drug-likeness (QED) is 0.789. The first-order valence-corrected chi connectivity index (χ1v) is 5.95. The average molecular weight is 268 g/mol. The molecule has 0 aromatic rings. The Labute approximate surface area is 104 Å². The first-order valence-electron chi connectivity index (χ1n) is 5.95. The van der Waals surface area contributed by atoms with Crippen LogP contribution in [0.2, 0.25) is 0 Å². The maximum Gasteiger partial charge on any atom is 0.414 e. The fourth-order valence-corrected chi connectivity index (χ4v) is 2.31. The van der Waals surface area contributed by atoms with Crippen molar-refractivity contribution in [3.05, 3.63) is 0 Å². The van der Waals surface area contributed by atoms with Crippen LogP contribution in [-0.4, -0.2) is 30.3 Å². The van der Waals surface area contributed by atoms with Gasteiger partial charge in [0.2, 0.25) is 5.91 Å². The van der Waals surface area contributed by atoms with Gasteiger partial charge in [0, 0.05) is 6.61 Å². The zero-order chi connectivity index (χ0) is 14.0. The number of nitrogens with two attached hydrogens (primary N) is 2. The van der Waals surface area contributed by atoms with E-state index in [9.17, 15) is 18.0 Å². The Balaban J connectivity index is 2.42. The number of rotatable bonds is 5. The van der Waals surface area contributed by atoms with Crippen molar-refractivity contribution in [2.45, 2.75) is 50.4 Å². The molecule has 0 aliphatic heterocycles. The minimum Gasteiger partial charge on any atom is -0.369 e. The molecule has 0 aromatic heterocycles. The van der Waals surface area contributed by atoms with Gasteiger partial charge in [-0.1, -0.05) is 6.42 Å². The van der Waals surface area contributed by atoms with Crippen LogP contribution in [0.4, 0.5) is 13.2 Å². The number of amides is 1. The lowest BCUT2D eigenvalue weighted by Gasteiger charge is -2.28. The van der Waals surface area contributed by atoms with Gasteiger partial charge < -0.3 is 16.2 Å². The SMILES string of the molecule is CC(OCCC1CCCC1(N)C(N)=O)C(F)(F)F. The lowest BCUT2D eigenvalue weighted by Crippen LogP contribution is -2.54. The van der Waals surface area contributed by atoms with Crippen LogP contribution in [0.1, 0.15) is 32.6 Å². The van der Waals surface area contributed by atoms with E-state index in [1.54, 1.807) is 0 Å². The number of carbonyl (C=O) groups excluding carboxylic acids is 1. The normalized spacial score (nSPS) is 30.4. The van der Waals surface area contributed by atoms with E-state index in [1.165, 1.54) is 0 Å². The summed E-state index contributed by atoms with van der Waals surface area (Å²) in [6.07, 6.45) is -3.90. The highest BCUT2D eigenvalue weighted by Crippen LogP contribution is 2.36. The Bertz CT molecular complexity index is 309. The summed E-state index contributed by atoms with van der Waals surface area (Å²) in [7, 11) is 0. The summed E-state index contributed by atoms with van der Waals surface area (Å²) in [5.74, 6) is -0.788. The van der Waals surface area contributed by atoms with Crippen molar-refractivity contribution in [3.63, 3.8) is 0 Å². The summed E-state index contributed by atoms with van der Waals surface area (Å²) in [5.41, 5.74) is 10.0. The van der Waals surface area contributed by atoms with Crippen LogP contribution >= 0.6 is 0 Å². The van der Waals surface area contributed by atoms with Gasteiger partial charge in [-0.15, -0.1) is 0 Å². The van der Waals surface area contributed by atoms with Crippen LogP contribution in [0.5, 0.6) is 0 Å². The van der Waals surface area contributed by atoms with E-state index in [-0.39, 0.29) is 12.5 Å². The first-order chi connectivity index (χ1) is 8.18. The highest BCUT2D eigenvalue weighted by molar-refractivity contribution is 5.85. The van der Waals surface area contributed by atoms with E-state index >= 15 is 0 Å². The number of primary amides is 1. The molecule has 0 spiro atoms. The predicted octanol–water partition coefficient (Wildman–Crippen LogP) is 1.33. The van der Waals surface area contributed by atoms with E-state index in [2.05, 4.69) is 0 Å². The van der Waals surface area contributed by atoms with E-state index < -0.39 is 23.7 Å². The van der Waals surface area contributed by atoms with Crippen LogP contribution in [0, 0.1) is 5.92 Å². The molecule has 4 N–H and O–H groups in total. The molecular weight excluding hydrogens is 249 g/mol. The van der Waals surface area contributed by atoms with Crippen LogP contribution in [0.3, 0.4) is 0 Å². The fourth-order valence-electron chi connectivity index (χ4n) is 2.31. The fraction of sp³-hybridized carbons (Fsp3) is 0.909. The third-order valence-electron chi connectivity index (χ3n) is 3.63. The predicted molar refractivity (Wildman–Crippen MR) is 59.5 cm³/mol. The second kappa shape index (κ2) is 5.44. The molecular formula is C11H19F3N2O2. The Kier molecular flexibility index (Phi) is 4.61. The molecule has 1 fully saturated rings. The Morgan fingerprint density at radius 3 is 2.67 bits per heavy atom. The highest BCUT2D eigenvalue weighted by atomic mass is 19.4. The molecule has 0 bridgehead atoms. The number of alkyl halides is 3. The van der Waals surface area contributed by atoms with Gasteiger partial charge in [0.05, 0.1) is 5.54 Å². The third kappa shape index (κ3) is 3.35. The van der Waals surface area contributed by atoms with Crippen molar-refractivity contribution in [2.24, 2.45) is 17.4 Å². The summed E-state index contributed by atoms with van der Waals surface area (Å²) >= 11 is 0. The van der Waals surface area contributed by atoms with E-state index in [0.29, 0.717) is 19.3 Å². The van der Waals surface area contributed by atoms with E-state index in [0.717, 1.165) is 13.3 Å². The molecule has 7 heteroatoms. The zero-order valence-electron chi connectivity index (χ0n) is 10.3. The molecule has 1 aliphatic carbocycles. The van der Waals surface area contributed by atoms with E-state index in [4.69, 9.17) is 16.2 Å². The number of halogens is 3. The molecule has 1 rings (SSSR count). The summed E-state index contributed by atoms with van der Waals surface area (Å²) < 4.78 is 41.3. The number of carbonyl (C=O) groups is 1. The van der Waals surface area contributed by atoms with Crippen molar-refractivity contribution in [1.82, 2.24) is 0 Å². The molecule has 0 heterocycles. The molecule has 0 aromatic carbocycles. The molecule has 1 aliphatic rings. The van der Waals surface area contributed by atoms with Gasteiger partial charge in [-0.3, -0.25) is 4.79 Å². The van der Waals surface area contributed by atoms with Gasteiger partial charge in [0.25, 0.3) is 0 Å². The molecule has 18 heavy (non-hydrogen) atoms. The number of ether oxygens (including phenoxy) is 1. The van der Waals surface area contributed by atoms with Crippen molar-refractivity contribution in [1.29, 1.82) is 0 Å². The highest BCUT2D eigenvalue weighted by Gasteiger charge is 2.44. The molecule has 3 atom stereocenters. The van der Waals surface area contributed by atoms with Crippen molar-refractivity contribution in [2.75, 3.05) is 6.61 Å². The van der Waals surface area contributed by atoms with Gasteiger partial charge >= 0.3 is 6.18 Å². The minimum atomic E-state index is -4.36. The molecule has 0 saturated heterocycles. The molecule has 1 amide bonds. The maximum absolute atomic E-state index is 12.2.